The van der Waals surface area contributed by atoms with E-state index >= 15 is 0 Å². The molecule has 1 aromatic heterocycles. The van der Waals surface area contributed by atoms with E-state index in [9.17, 15) is 0 Å². The van der Waals surface area contributed by atoms with Crippen LogP contribution in [0.1, 0.15) is 13.3 Å². The second-order valence-corrected chi connectivity index (χ2v) is 5.31. The van der Waals surface area contributed by atoms with Crippen molar-refractivity contribution in [3.05, 3.63) is 17.4 Å². The number of rotatable bonds is 1. The fraction of sp³-hybridized carbons (Fsp3) is 0.600. The lowest BCUT2D eigenvalue weighted by Gasteiger charge is -2.26. The molecule has 5 heteroatoms. The van der Waals surface area contributed by atoms with E-state index in [-0.39, 0.29) is 0 Å². The van der Waals surface area contributed by atoms with Gasteiger partial charge >= 0.3 is 0 Å². The van der Waals surface area contributed by atoms with Crippen molar-refractivity contribution in [2.75, 3.05) is 23.0 Å². The Morgan fingerprint density at radius 1 is 1.40 bits per heavy atom. The standard InChI is InChI=1S/C10H14ClN3S/c1-8-2-4-15-5-3-14(8)10-12-6-9(11)7-13-10/h6-8H,2-5H2,1H3. The molecule has 0 bridgehead atoms. The Bertz CT molecular complexity index is 317. The fourth-order valence-corrected chi connectivity index (χ4v) is 2.78. The molecule has 1 aliphatic heterocycles. The highest BCUT2D eigenvalue weighted by Crippen LogP contribution is 2.20. The molecule has 0 spiro atoms. The van der Waals surface area contributed by atoms with E-state index < -0.39 is 0 Å². The Balaban J connectivity index is 2.16. The van der Waals surface area contributed by atoms with E-state index in [1.807, 2.05) is 11.8 Å². The van der Waals surface area contributed by atoms with Gasteiger partial charge in [0.15, 0.2) is 0 Å². The molecule has 0 radical (unpaired) electrons. The van der Waals surface area contributed by atoms with Crippen molar-refractivity contribution in [3.8, 4) is 0 Å². The zero-order valence-corrected chi connectivity index (χ0v) is 10.3. The van der Waals surface area contributed by atoms with Crippen LogP contribution in [0.3, 0.4) is 0 Å². The van der Waals surface area contributed by atoms with Crippen LogP contribution >= 0.6 is 23.4 Å². The third kappa shape index (κ3) is 2.75. The Labute approximate surface area is 99.2 Å². The number of anilines is 1. The minimum atomic E-state index is 0.515. The average Bonchev–Trinajstić information content (AvgIpc) is 2.44. The summed E-state index contributed by atoms with van der Waals surface area (Å²) < 4.78 is 0. The summed E-state index contributed by atoms with van der Waals surface area (Å²) in [5.41, 5.74) is 0. The lowest BCUT2D eigenvalue weighted by molar-refractivity contribution is 0.629. The molecule has 0 aromatic carbocycles. The highest BCUT2D eigenvalue weighted by Gasteiger charge is 2.19. The normalized spacial score (nSPS) is 22.5. The first-order valence-electron chi connectivity index (χ1n) is 5.09. The third-order valence-electron chi connectivity index (χ3n) is 2.55. The van der Waals surface area contributed by atoms with E-state index in [2.05, 4.69) is 21.8 Å². The van der Waals surface area contributed by atoms with Crippen LogP contribution in [-0.2, 0) is 0 Å². The lowest BCUT2D eigenvalue weighted by atomic mass is 10.2. The smallest absolute Gasteiger partial charge is 0.225 e. The summed E-state index contributed by atoms with van der Waals surface area (Å²) in [7, 11) is 0. The maximum atomic E-state index is 5.77. The Morgan fingerprint density at radius 2 is 2.13 bits per heavy atom. The van der Waals surface area contributed by atoms with Gasteiger partial charge in [-0.1, -0.05) is 11.6 Å². The topological polar surface area (TPSA) is 29.0 Å². The van der Waals surface area contributed by atoms with Crippen LogP contribution in [0.25, 0.3) is 0 Å². The maximum absolute atomic E-state index is 5.77. The molecule has 2 heterocycles. The van der Waals surface area contributed by atoms with Crippen LogP contribution in [0.15, 0.2) is 12.4 Å². The van der Waals surface area contributed by atoms with Gasteiger partial charge in [0.25, 0.3) is 0 Å². The molecule has 1 aromatic rings. The number of thioether (sulfide) groups is 1. The van der Waals surface area contributed by atoms with E-state index in [4.69, 9.17) is 11.6 Å². The Kier molecular flexibility index (Phi) is 3.70. The summed E-state index contributed by atoms with van der Waals surface area (Å²) in [6.07, 6.45) is 4.51. The van der Waals surface area contributed by atoms with E-state index in [1.54, 1.807) is 12.4 Å². The van der Waals surface area contributed by atoms with Crippen LogP contribution in [0.4, 0.5) is 5.95 Å². The largest absolute Gasteiger partial charge is 0.337 e. The van der Waals surface area contributed by atoms with Crippen LogP contribution in [0.5, 0.6) is 0 Å². The van der Waals surface area contributed by atoms with Gasteiger partial charge in [-0.3, -0.25) is 0 Å². The first kappa shape index (κ1) is 11.0. The monoisotopic (exact) mass is 243 g/mol. The number of hydrogen-bond donors (Lipinski definition) is 0. The van der Waals surface area contributed by atoms with Crippen LogP contribution < -0.4 is 4.90 Å². The molecule has 0 N–H and O–H groups in total. The number of halogens is 1. The van der Waals surface area contributed by atoms with Crippen molar-refractivity contribution in [1.29, 1.82) is 0 Å². The van der Waals surface area contributed by atoms with E-state index in [1.165, 1.54) is 12.2 Å². The molecule has 2 rings (SSSR count). The zero-order valence-electron chi connectivity index (χ0n) is 8.69. The van der Waals surface area contributed by atoms with Gasteiger partial charge in [0.05, 0.1) is 17.4 Å². The second kappa shape index (κ2) is 5.03. The molecule has 1 aliphatic rings. The molecule has 0 saturated carbocycles. The van der Waals surface area contributed by atoms with E-state index in [0.717, 1.165) is 18.2 Å². The highest BCUT2D eigenvalue weighted by molar-refractivity contribution is 7.99. The van der Waals surface area contributed by atoms with Crippen LogP contribution in [0, 0.1) is 0 Å². The van der Waals surface area contributed by atoms with E-state index in [0.29, 0.717) is 11.1 Å². The Hall–Kier alpha value is -0.480. The second-order valence-electron chi connectivity index (χ2n) is 3.64. The number of aromatic nitrogens is 2. The minimum Gasteiger partial charge on any atom is -0.337 e. The first-order valence-corrected chi connectivity index (χ1v) is 6.62. The summed E-state index contributed by atoms with van der Waals surface area (Å²) in [5, 5.41) is 0.593. The maximum Gasteiger partial charge on any atom is 0.225 e. The van der Waals surface area contributed by atoms with Crippen molar-refractivity contribution < 1.29 is 0 Å². The molecular weight excluding hydrogens is 230 g/mol. The zero-order chi connectivity index (χ0) is 10.7. The average molecular weight is 244 g/mol. The summed E-state index contributed by atoms with van der Waals surface area (Å²) in [4.78, 5) is 10.8. The van der Waals surface area contributed by atoms with Crippen LogP contribution in [0.2, 0.25) is 5.02 Å². The van der Waals surface area contributed by atoms with Gasteiger partial charge in [0, 0.05) is 18.3 Å². The molecule has 1 unspecified atom stereocenters. The van der Waals surface area contributed by atoms with Crippen molar-refractivity contribution in [1.82, 2.24) is 9.97 Å². The quantitative estimate of drug-likeness (QED) is 0.758. The van der Waals surface area contributed by atoms with Gasteiger partial charge in [-0.2, -0.15) is 11.8 Å². The van der Waals surface area contributed by atoms with Crippen LogP contribution in [-0.4, -0.2) is 34.1 Å². The summed E-state index contributed by atoms with van der Waals surface area (Å²) >= 11 is 7.77. The van der Waals surface area contributed by atoms with Gasteiger partial charge < -0.3 is 4.90 Å². The summed E-state index contributed by atoms with van der Waals surface area (Å²) in [6, 6.07) is 0.515. The molecular formula is C10H14ClN3S. The van der Waals surface area contributed by atoms with Gasteiger partial charge in [0.2, 0.25) is 5.95 Å². The van der Waals surface area contributed by atoms with Gasteiger partial charge in [-0.15, -0.1) is 0 Å². The molecule has 0 aliphatic carbocycles. The van der Waals surface area contributed by atoms with Gasteiger partial charge in [-0.25, -0.2) is 9.97 Å². The van der Waals surface area contributed by atoms with Crippen molar-refractivity contribution in [2.45, 2.75) is 19.4 Å². The van der Waals surface area contributed by atoms with Gasteiger partial charge in [-0.05, 0) is 19.1 Å². The molecule has 0 amide bonds. The highest BCUT2D eigenvalue weighted by atomic mass is 35.5. The minimum absolute atomic E-state index is 0.515. The first-order chi connectivity index (χ1) is 7.27. The molecule has 82 valence electrons. The van der Waals surface area contributed by atoms with Crippen molar-refractivity contribution >= 4 is 29.3 Å². The Morgan fingerprint density at radius 3 is 2.87 bits per heavy atom. The predicted molar refractivity (Wildman–Crippen MR) is 65.8 cm³/mol. The van der Waals surface area contributed by atoms with Crippen molar-refractivity contribution in [3.63, 3.8) is 0 Å². The van der Waals surface area contributed by atoms with Gasteiger partial charge in [0.1, 0.15) is 0 Å². The molecule has 1 saturated heterocycles. The van der Waals surface area contributed by atoms with Crippen molar-refractivity contribution in [2.24, 2.45) is 0 Å². The third-order valence-corrected chi connectivity index (χ3v) is 3.74. The summed E-state index contributed by atoms with van der Waals surface area (Å²) in [5.74, 6) is 3.18. The molecule has 1 fully saturated rings. The summed E-state index contributed by atoms with van der Waals surface area (Å²) in [6.45, 7) is 3.25. The molecule has 15 heavy (non-hydrogen) atoms. The predicted octanol–water partition coefficient (Wildman–Crippen LogP) is 2.46. The lowest BCUT2D eigenvalue weighted by Crippen LogP contribution is -2.35. The number of hydrogen-bond acceptors (Lipinski definition) is 4. The number of nitrogens with zero attached hydrogens (tertiary/aromatic N) is 3. The SMILES string of the molecule is CC1CCSCCN1c1ncc(Cl)cn1. The molecule has 1 atom stereocenters. The fourth-order valence-electron chi connectivity index (χ4n) is 1.65. The molecule has 3 nitrogen and oxygen atoms in total.